The van der Waals surface area contributed by atoms with Crippen molar-refractivity contribution in [2.45, 2.75) is 46.0 Å². The summed E-state index contributed by atoms with van der Waals surface area (Å²) in [5.74, 6) is -0.704. The molecule has 0 aromatic heterocycles. The zero-order chi connectivity index (χ0) is 13.9. The van der Waals surface area contributed by atoms with Crippen LogP contribution in [-0.2, 0) is 4.79 Å². The number of ketones is 1. The summed E-state index contributed by atoms with van der Waals surface area (Å²) in [5.41, 5.74) is 2.84. The van der Waals surface area contributed by atoms with Crippen molar-refractivity contribution < 1.29 is 14.7 Å². The topological polar surface area (TPSA) is 54.4 Å². The molecule has 1 aromatic carbocycles. The van der Waals surface area contributed by atoms with Gasteiger partial charge in [0.2, 0.25) is 0 Å². The summed E-state index contributed by atoms with van der Waals surface area (Å²) in [6.45, 7) is 8.37. The first-order valence-corrected chi connectivity index (χ1v) is 6.21. The first kappa shape index (κ1) is 14.4. The van der Waals surface area contributed by atoms with E-state index < -0.39 is 12.4 Å². The molecule has 1 aromatic rings. The van der Waals surface area contributed by atoms with Crippen molar-refractivity contribution in [2.24, 2.45) is 0 Å². The normalized spacial score (nSPS) is 11.0. The maximum atomic E-state index is 11.7. The number of carbonyl (C=O) groups excluding carboxylic acids is 1. The third-order valence-corrected chi connectivity index (χ3v) is 2.96. The summed E-state index contributed by atoms with van der Waals surface area (Å²) < 4.78 is 0. The van der Waals surface area contributed by atoms with Crippen molar-refractivity contribution >= 4 is 11.8 Å². The third kappa shape index (κ3) is 3.42. The molecule has 18 heavy (non-hydrogen) atoms. The summed E-state index contributed by atoms with van der Waals surface area (Å²) in [5, 5.41) is 8.65. The van der Waals surface area contributed by atoms with Gasteiger partial charge in [-0.2, -0.15) is 0 Å². The van der Waals surface area contributed by atoms with Gasteiger partial charge in [0.25, 0.3) is 0 Å². The van der Waals surface area contributed by atoms with Crippen LogP contribution in [0.1, 0.15) is 67.4 Å². The molecule has 0 atom stereocenters. The van der Waals surface area contributed by atoms with Crippen molar-refractivity contribution in [3.8, 4) is 0 Å². The molecule has 3 nitrogen and oxygen atoms in total. The molecule has 0 aliphatic rings. The van der Waals surface area contributed by atoms with E-state index >= 15 is 0 Å². The molecule has 0 spiro atoms. The van der Waals surface area contributed by atoms with E-state index in [0.717, 1.165) is 5.56 Å². The Morgan fingerprint density at radius 3 is 2.06 bits per heavy atom. The lowest BCUT2D eigenvalue weighted by Gasteiger charge is -2.16. The van der Waals surface area contributed by atoms with Crippen LogP contribution >= 0.6 is 0 Å². The molecular formula is C15H20O3. The van der Waals surface area contributed by atoms with Crippen LogP contribution in [0, 0.1) is 0 Å². The fourth-order valence-corrected chi connectivity index (χ4v) is 2.01. The van der Waals surface area contributed by atoms with Crippen molar-refractivity contribution in [3.63, 3.8) is 0 Å². The quantitative estimate of drug-likeness (QED) is 0.640. The minimum atomic E-state index is -1.08. The fraction of sp³-hybridized carbons (Fsp3) is 0.467. The average molecular weight is 248 g/mol. The average Bonchev–Trinajstić information content (AvgIpc) is 2.26. The summed E-state index contributed by atoms with van der Waals surface area (Å²) >= 11 is 0. The molecule has 0 aliphatic heterocycles. The largest absolute Gasteiger partial charge is 0.481 e. The van der Waals surface area contributed by atoms with Gasteiger partial charge in [0, 0.05) is 5.56 Å². The maximum Gasteiger partial charge on any atom is 0.311 e. The van der Waals surface area contributed by atoms with Crippen LogP contribution in [0.2, 0.25) is 0 Å². The smallest absolute Gasteiger partial charge is 0.311 e. The van der Waals surface area contributed by atoms with Crippen LogP contribution in [0.25, 0.3) is 0 Å². The standard InChI is InChI=1S/C15H20O3/c1-9(2)12-6-5-11(7-13(12)10(3)4)14(16)8-15(17)18/h5-7,9-10H,8H2,1-4H3,(H,17,18). The first-order valence-electron chi connectivity index (χ1n) is 6.21. The Balaban J connectivity index is 3.15. The molecule has 3 heteroatoms. The molecule has 0 fully saturated rings. The molecule has 0 saturated carbocycles. The number of aliphatic carboxylic acids is 1. The van der Waals surface area contributed by atoms with Gasteiger partial charge in [0.05, 0.1) is 0 Å². The van der Waals surface area contributed by atoms with Gasteiger partial charge in [-0.25, -0.2) is 0 Å². The Morgan fingerprint density at radius 2 is 1.61 bits per heavy atom. The SMILES string of the molecule is CC(C)c1ccc(C(=O)CC(=O)O)cc1C(C)C. The molecule has 0 aliphatic carbocycles. The molecule has 0 radical (unpaired) electrons. The van der Waals surface area contributed by atoms with Crippen molar-refractivity contribution in [1.29, 1.82) is 0 Å². The maximum absolute atomic E-state index is 11.7. The van der Waals surface area contributed by atoms with Gasteiger partial charge in [0.1, 0.15) is 6.42 Å². The van der Waals surface area contributed by atoms with Crippen LogP contribution in [-0.4, -0.2) is 16.9 Å². The molecular weight excluding hydrogens is 228 g/mol. The van der Waals surface area contributed by atoms with Crippen LogP contribution < -0.4 is 0 Å². The summed E-state index contributed by atoms with van der Waals surface area (Å²) in [6.07, 6.45) is -0.446. The zero-order valence-electron chi connectivity index (χ0n) is 11.4. The monoisotopic (exact) mass is 248 g/mol. The van der Waals surface area contributed by atoms with E-state index in [1.165, 1.54) is 5.56 Å². The lowest BCUT2D eigenvalue weighted by atomic mass is 9.88. The molecule has 0 unspecified atom stereocenters. The Morgan fingerprint density at radius 1 is 1.06 bits per heavy atom. The van der Waals surface area contributed by atoms with Crippen LogP contribution in [0.5, 0.6) is 0 Å². The first-order chi connectivity index (χ1) is 8.32. The predicted octanol–water partition coefficient (Wildman–Crippen LogP) is 3.59. The van der Waals surface area contributed by atoms with Gasteiger partial charge in [-0.05, 0) is 29.0 Å². The molecule has 0 saturated heterocycles. The number of rotatable bonds is 5. The molecule has 0 bridgehead atoms. The van der Waals surface area contributed by atoms with E-state index in [1.54, 1.807) is 6.07 Å². The van der Waals surface area contributed by atoms with Crippen molar-refractivity contribution in [1.82, 2.24) is 0 Å². The Hall–Kier alpha value is -1.64. The highest BCUT2D eigenvalue weighted by molar-refractivity contribution is 6.05. The van der Waals surface area contributed by atoms with Gasteiger partial charge >= 0.3 is 5.97 Å². The van der Waals surface area contributed by atoms with E-state index in [-0.39, 0.29) is 5.78 Å². The van der Waals surface area contributed by atoms with Gasteiger partial charge in [-0.1, -0.05) is 39.8 Å². The highest BCUT2D eigenvalue weighted by Gasteiger charge is 2.15. The molecule has 1 N–H and O–H groups in total. The minimum absolute atomic E-state index is 0.319. The second-order valence-corrected chi connectivity index (χ2v) is 5.15. The summed E-state index contributed by atoms with van der Waals surface area (Å²) in [6, 6.07) is 5.51. The number of hydrogen-bond donors (Lipinski definition) is 1. The van der Waals surface area contributed by atoms with Gasteiger partial charge < -0.3 is 5.11 Å². The summed E-state index contributed by atoms with van der Waals surface area (Å²) in [4.78, 5) is 22.3. The fourth-order valence-electron chi connectivity index (χ4n) is 2.01. The second-order valence-electron chi connectivity index (χ2n) is 5.15. The van der Waals surface area contributed by atoms with E-state index in [1.807, 2.05) is 12.1 Å². The number of carbonyl (C=O) groups is 2. The minimum Gasteiger partial charge on any atom is -0.481 e. The Bertz CT molecular complexity index is 459. The second kappa shape index (κ2) is 5.80. The van der Waals surface area contributed by atoms with E-state index in [4.69, 9.17) is 5.11 Å². The van der Waals surface area contributed by atoms with Gasteiger partial charge in [-0.15, -0.1) is 0 Å². The lowest BCUT2D eigenvalue weighted by molar-refractivity contribution is -0.135. The van der Waals surface area contributed by atoms with E-state index in [0.29, 0.717) is 17.4 Å². The number of benzene rings is 1. The highest BCUT2D eigenvalue weighted by atomic mass is 16.4. The highest BCUT2D eigenvalue weighted by Crippen LogP contribution is 2.27. The van der Waals surface area contributed by atoms with Gasteiger partial charge in [0.15, 0.2) is 5.78 Å². The number of hydrogen-bond acceptors (Lipinski definition) is 2. The lowest BCUT2D eigenvalue weighted by Crippen LogP contribution is -2.09. The summed E-state index contributed by atoms with van der Waals surface area (Å²) in [7, 11) is 0. The molecule has 0 heterocycles. The number of carboxylic acids is 1. The molecule has 0 amide bonds. The Labute approximate surface area is 108 Å². The van der Waals surface area contributed by atoms with E-state index in [9.17, 15) is 9.59 Å². The third-order valence-electron chi connectivity index (χ3n) is 2.96. The van der Waals surface area contributed by atoms with Crippen molar-refractivity contribution in [3.05, 3.63) is 34.9 Å². The zero-order valence-corrected chi connectivity index (χ0v) is 11.4. The van der Waals surface area contributed by atoms with Crippen molar-refractivity contribution in [2.75, 3.05) is 0 Å². The number of Topliss-reactive ketones (excluding diaryl/α,β-unsaturated/α-hetero) is 1. The van der Waals surface area contributed by atoms with E-state index in [2.05, 4.69) is 27.7 Å². The van der Waals surface area contributed by atoms with Crippen LogP contribution in [0.4, 0.5) is 0 Å². The predicted molar refractivity (Wildman–Crippen MR) is 71.2 cm³/mol. The van der Waals surface area contributed by atoms with Crippen LogP contribution in [0.3, 0.4) is 0 Å². The number of carboxylic acid groups (broad SMARTS) is 1. The Kier molecular flexibility index (Phi) is 4.65. The molecule has 1 rings (SSSR count). The van der Waals surface area contributed by atoms with Gasteiger partial charge in [-0.3, -0.25) is 9.59 Å². The molecule has 98 valence electrons. The van der Waals surface area contributed by atoms with Crippen LogP contribution in [0.15, 0.2) is 18.2 Å².